The van der Waals surface area contributed by atoms with Gasteiger partial charge in [0.1, 0.15) is 11.9 Å². The molecule has 1 N–H and O–H groups in total. The van der Waals surface area contributed by atoms with Crippen molar-refractivity contribution in [2.75, 3.05) is 0 Å². The summed E-state index contributed by atoms with van der Waals surface area (Å²) in [5.74, 6) is 0.710. The van der Waals surface area contributed by atoms with Gasteiger partial charge in [-0.15, -0.1) is 0 Å². The van der Waals surface area contributed by atoms with Crippen LogP contribution in [0.25, 0.3) is 11.4 Å². The predicted molar refractivity (Wildman–Crippen MR) is 51.3 cm³/mol. The van der Waals surface area contributed by atoms with Crippen LogP contribution in [-0.4, -0.2) is 15.0 Å². The number of nitrogens with one attached hydrogen (secondary N) is 1. The summed E-state index contributed by atoms with van der Waals surface area (Å²) in [5, 5.41) is 8.73. The first-order valence-electron chi connectivity index (χ1n) is 4.18. The van der Waals surface area contributed by atoms with E-state index in [9.17, 15) is 0 Å². The number of hydrogen-bond donors (Lipinski definition) is 1. The van der Waals surface area contributed by atoms with E-state index in [2.05, 4.69) is 15.0 Å². The topological polar surface area (TPSA) is 65.4 Å². The van der Waals surface area contributed by atoms with E-state index in [-0.39, 0.29) is 0 Å². The Labute approximate surface area is 81.3 Å². The van der Waals surface area contributed by atoms with E-state index >= 15 is 0 Å². The Bertz CT molecular complexity index is 479. The summed E-state index contributed by atoms with van der Waals surface area (Å²) in [6, 6.07) is 5.72. The largest absolute Gasteiger partial charge is 0.341 e. The maximum absolute atomic E-state index is 8.73. The zero-order chi connectivity index (χ0) is 9.97. The van der Waals surface area contributed by atoms with E-state index in [1.807, 2.05) is 25.1 Å². The average molecular weight is 184 g/mol. The van der Waals surface area contributed by atoms with Gasteiger partial charge in [-0.1, -0.05) is 0 Å². The molecule has 2 aromatic rings. The quantitative estimate of drug-likeness (QED) is 0.732. The maximum Gasteiger partial charge on any atom is 0.161 e. The molecule has 0 aromatic carbocycles. The highest BCUT2D eigenvalue weighted by atomic mass is 14.9. The highest BCUT2D eigenvalue weighted by Crippen LogP contribution is 2.15. The summed E-state index contributed by atoms with van der Waals surface area (Å²) in [7, 11) is 0. The fourth-order valence-electron chi connectivity index (χ4n) is 1.22. The molecule has 4 nitrogen and oxygen atoms in total. The van der Waals surface area contributed by atoms with E-state index in [0.29, 0.717) is 11.5 Å². The van der Waals surface area contributed by atoms with Crippen LogP contribution < -0.4 is 0 Å². The molecule has 0 aliphatic rings. The van der Waals surface area contributed by atoms with Crippen LogP contribution in [0.15, 0.2) is 24.5 Å². The summed E-state index contributed by atoms with van der Waals surface area (Å²) < 4.78 is 0. The molecule has 68 valence electrons. The predicted octanol–water partition coefficient (Wildman–Crippen LogP) is 1.65. The molecular weight excluding hydrogens is 176 g/mol. The van der Waals surface area contributed by atoms with E-state index in [1.54, 1.807) is 12.4 Å². The van der Waals surface area contributed by atoms with Crippen molar-refractivity contribution < 1.29 is 0 Å². The minimum atomic E-state index is 0.441. The van der Waals surface area contributed by atoms with Crippen molar-refractivity contribution in [2.45, 2.75) is 6.92 Å². The minimum Gasteiger partial charge on any atom is -0.341 e. The van der Waals surface area contributed by atoms with Gasteiger partial charge in [0, 0.05) is 18.0 Å². The minimum absolute atomic E-state index is 0.441. The smallest absolute Gasteiger partial charge is 0.161 e. The Kier molecular flexibility index (Phi) is 1.99. The number of aryl methyl sites for hydroxylation is 1. The summed E-state index contributed by atoms with van der Waals surface area (Å²) in [4.78, 5) is 11.1. The Morgan fingerprint density at radius 2 is 2.07 bits per heavy atom. The number of aromatic nitrogens is 3. The Balaban J connectivity index is 2.50. The zero-order valence-corrected chi connectivity index (χ0v) is 7.65. The first-order chi connectivity index (χ1) is 6.81. The molecule has 14 heavy (non-hydrogen) atoms. The molecule has 0 radical (unpaired) electrons. The normalized spacial score (nSPS) is 9.71. The Hall–Kier alpha value is -2.15. The van der Waals surface area contributed by atoms with Crippen molar-refractivity contribution in [1.82, 2.24) is 15.0 Å². The number of imidazole rings is 1. The monoisotopic (exact) mass is 184 g/mol. The molecule has 2 aromatic heterocycles. The third kappa shape index (κ3) is 1.36. The van der Waals surface area contributed by atoms with Crippen LogP contribution in [0.5, 0.6) is 0 Å². The number of pyridine rings is 1. The number of aromatic amines is 1. The number of hydrogen-bond acceptors (Lipinski definition) is 3. The van der Waals surface area contributed by atoms with E-state index < -0.39 is 0 Å². The molecular formula is C10H8N4. The molecule has 2 heterocycles. The molecule has 0 spiro atoms. The first kappa shape index (κ1) is 8.45. The van der Waals surface area contributed by atoms with Crippen LogP contribution >= 0.6 is 0 Å². The lowest BCUT2D eigenvalue weighted by Gasteiger charge is -1.92. The second-order valence-corrected chi connectivity index (χ2v) is 2.91. The van der Waals surface area contributed by atoms with Gasteiger partial charge in [0.05, 0.1) is 5.69 Å². The molecule has 4 heteroatoms. The lowest BCUT2D eigenvalue weighted by Crippen LogP contribution is -1.80. The van der Waals surface area contributed by atoms with Crippen LogP contribution in [0, 0.1) is 18.3 Å². The maximum atomic E-state index is 8.73. The van der Waals surface area contributed by atoms with Crippen molar-refractivity contribution in [3.63, 3.8) is 0 Å². The molecule has 2 rings (SSSR count). The molecule has 0 fully saturated rings. The first-order valence-corrected chi connectivity index (χ1v) is 4.18. The average Bonchev–Trinajstić information content (AvgIpc) is 2.61. The third-order valence-electron chi connectivity index (χ3n) is 1.94. The number of H-pyrrole nitrogens is 1. The molecule has 0 unspecified atom stereocenters. The van der Waals surface area contributed by atoms with Crippen molar-refractivity contribution in [3.8, 4) is 17.5 Å². The van der Waals surface area contributed by atoms with Crippen molar-refractivity contribution in [1.29, 1.82) is 5.26 Å². The van der Waals surface area contributed by atoms with Gasteiger partial charge in [0.2, 0.25) is 0 Å². The lowest BCUT2D eigenvalue weighted by atomic mass is 10.2. The van der Waals surface area contributed by atoms with Gasteiger partial charge in [-0.25, -0.2) is 4.98 Å². The Morgan fingerprint density at radius 3 is 2.64 bits per heavy atom. The number of nitrogens with zero attached hydrogens (tertiary/aromatic N) is 3. The fourth-order valence-corrected chi connectivity index (χ4v) is 1.22. The summed E-state index contributed by atoms with van der Waals surface area (Å²) >= 11 is 0. The van der Waals surface area contributed by atoms with Gasteiger partial charge >= 0.3 is 0 Å². The lowest BCUT2D eigenvalue weighted by molar-refractivity contribution is 1.24. The van der Waals surface area contributed by atoms with Crippen LogP contribution in [0.1, 0.15) is 11.4 Å². The standard InChI is InChI=1S/C10H8N4/c1-7-9(6-11)14-10(13-7)8-2-4-12-5-3-8/h2-5H,1H3,(H,13,14). The van der Waals surface area contributed by atoms with Crippen molar-refractivity contribution in [2.24, 2.45) is 0 Å². The van der Waals surface area contributed by atoms with Crippen LogP contribution in [0.4, 0.5) is 0 Å². The number of nitriles is 1. The summed E-state index contributed by atoms with van der Waals surface area (Å²) in [5.41, 5.74) is 2.17. The van der Waals surface area contributed by atoms with Gasteiger partial charge < -0.3 is 4.98 Å². The SMILES string of the molecule is Cc1[nH]c(-c2ccncc2)nc1C#N. The van der Waals surface area contributed by atoms with Crippen molar-refractivity contribution >= 4 is 0 Å². The number of rotatable bonds is 1. The second-order valence-electron chi connectivity index (χ2n) is 2.91. The summed E-state index contributed by atoms with van der Waals surface area (Å²) in [6.45, 7) is 1.83. The van der Waals surface area contributed by atoms with E-state index in [0.717, 1.165) is 11.3 Å². The van der Waals surface area contributed by atoms with Gasteiger partial charge in [0.15, 0.2) is 5.69 Å². The van der Waals surface area contributed by atoms with Gasteiger partial charge in [-0.05, 0) is 19.1 Å². The van der Waals surface area contributed by atoms with Gasteiger partial charge in [-0.3, -0.25) is 4.98 Å². The van der Waals surface area contributed by atoms with E-state index in [4.69, 9.17) is 5.26 Å². The van der Waals surface area contributed by atoms with Crippen LogP contribution in [0.3, 0.4) is 0 Å². The highest BCUT2D eigenvalue weighted by molar-refractivity contribution is 5.55. The van der Waals surface area contributed by atoms with Gasteiger partial charge in [-0.2, -0.15) is 5.26 Å². The summed E-state index contributed by atoms with van der Waals surface area (Å²) in [6.07, 6.45) is 3.39. The van der Waals surface area contributed by atoms with Crippen molar-refractivity contribution in [3.05, 3.63) is 35.9 Å². The van der Waals surface area contributed by atoms with Crippen LogP contribution in [-0.2, 0) is 0 Å². The molecule has 0 saturated carbocycles. The van der Waals surface area contributed by atoms with Gasteiger partial charge in [0.25, 0.3) is 0 Å². The molecule has 0 aliphatic carbocycles. The highest BCUT2D eigenvalue weighted by Gasteiger charge is 2.06. The zero-order valence-electron chi connectivity index (χ0n) is 7.65. The van der Waals surface area contributed by atoms with E-state index in [1.165, 1.54) is 0 Å². The fraction of sp³-hybridized carbons (Fsp3) is 0.100. The van der Waals surface area contributed by atoms with Crippen LogP contribution in [0.2, 0.25) is 0 Å². The third-order valence-corrected chi connectivity index (χ3v) is 1.94. The molecule has 0 amide bonds. The second kappa shape index (κ2) is 3.30. The molecule has 0 aliphatic heterocycles. The molecule has 0 saturated heterocycles. The molecule has 0 bridgehead atoms. The Morgan fingerprint density at radius 1 is 1.36 bits per heavy atom. The molecule has 0 atom stereocenters.